The standard InChI is InChI=1S/C24H30N2Si/c1-25(2)21-15-23(19-13-9-7-11-17(19)21)27(5,6)24-16-22(26(3)4)18-12-8-10-14-20(18)24/h7-16,23-24H,1-6H3. The highest BCUT2D eigenvalue weighted by Gasteiger charge is 2.45. The number of fused-ring (bicyclic) bond motifs is 2. The molecule has 0 aliphatic heterocycles. The molecule has 0 heterocycles. The Morgan fingerprint density at radius 1 is 0.630 bits per heavy atom. The van der Waals surface area contributed by atoms with Gasteiger partial charge < -0.3 is 9.80 Å². The van der Waals surface area contributed by atoms with Crippen LogP contribution in [0.5, 0.6) is 0 Å². The Balaban J connectivity index is 1.83. The van der Waals surface area contributed by atoms with Crippen LogP contribution in [0.4, 0.5) is 0 Å². The van der Waals surface area contributed by atoms with Gasteiger partial charge in [-0.1, -0.05) is 73.8 Å². The van der Waals surface area contributed by atoms with Gasteiger partial charge in [0.15, 0.2) is 0 Å². The molecule has 2 aromatic carbocycles. The van der Waals surface area contributed by atoms with Crippen LogP contribution in [0.25, 0.3) is 11.4 Å². The lowest BCUT2D eigenvalue weighted by atomic mass is 10.1. The van der Waals surface area contributed by atoms with E-state index in [2.05, 4.69) is 112 Å². The highest BCUT2D eigenvalue weighted by Crippen LogP contribution is 2.50. The van der Waals surface area contributed by atoms with Gasteiger partial charge in [-0.25, -0.2) is 0 Å². The van der Waals surface area contributed by atoms with Crippen molar-refractivity contribution in [2.24, 2.45) is 0 Å². The first-order valence-electron chi connectivity index (χ1n) is 9.79. The summed E-state index contributed by atoms with van der Waals surface area (Å²) in [5, 5.41) is 0. The molecule has 2 unspecified atom stereocenters. The fourth-order valence-electron chi connectivity index (χ4n) is 4.88. The first kappa shape index (κ1) is 18.1. The molecule has 2 nitrogen and oxygen atoms in total. The molecule has 2 aromatic rings. The molecule has 0 N–H and O–H groups in total. The van der Waals surface area contributed by atoms with Gasteiger partial charge in [0.05, 0.1) is 8.07 Å². The Labute approximate surface area is 164 Å². The zero-order chi connectivity index (χ0) is 19.3. The minimum atomic E-state index is -1.72. The first-order chi connectivity index (χ1) is 12.8. The summed E-state index contributed by atoms with van der Waals surface area (Å²) in [5.74, 6) is 0. The molecule has 2 atom stereocenters. The summed E-state index contributed by atoms with van der Waals surface area (Å²) in [6, 6.07) is 18.0. The minimum Gasteiger partial charge on any atom is -0.377 e. The van der Waals surface area contributed by atoms with E-state index in [9.17, 15) is 0 Å². The molecule has 27 heavy (non-hydrogen) atoms. The van der Waals surface area contributed by atoms with Gasteiger partial charge in [-0.2, -0.15) is 0 Å². The van der Waals surface area contributed by atoms with E-state index in [1.807, 2.05) is 0 Å². The second kappa shape index (κ2) is 6.41. The zero-order valence-corrected chi connectivity index (χ0v) is 18.3. The predicted molar refractivity (Wildman–Crippen MR) is 119 cm³/mol. The third kappa shape index (κ3) is 2.76. The molecule has 0 spiro atoms. The molecule has 2 aliphatic rings. The lowest BCUT2D eigenvalue weighted by Crippen LogP contribution is -2.40. The molecule has 4 rings (SSSR count). The van der Waals surface area contributed by atoms with E-state index >= 15 is 0 Å². The Hall–Kier alpha value is -2.26. The lowest BCUT2D eigenvalue weighted by Gasteiger charge is -2.35. The van der Waals surface area contributed by atoms with Crippen LogP contribution >= 0.6 is 0 Å². The Bertz CT molecular complexity index is 861. The molecule has 140 valence electrons. The number of benzene rings is 2. The van der Waals surface area contributed by atoms with Crippen molar-refractivity contribution in [1.29, 1.82) is 0 Å². The van der Waals surface area contributed by atoms with E-state index in [0.717, 1.165) is 0 Å². The molecule has 0 bridgehead atoms. The second-order valence-electron chi connectivity index (χ2n) is 8.84. The third-order valence-corrected chi connectivity index (χ3v) is 10.5. The fourth-order valence-corrected chi connectivity index (χ4v) is 8.55. The van der Waals surface area contributed by atoms with Gasteiger partial charge in [-0.15, -0.1) is 0 Å². The summed E-state index contributed by atoms with van der Waals surface area (Å²) in [5.41, 5.74) is 9.67. The van der Waals surface area contributed by atoms with Gasteiger partial charge in [-0.05, 0) is 11.1 Å². The van der Waals surface area contributed by atoms with Crippen LogP contribution in [0.2, 0.25) is 13.1 Å². The highest BCUT2D eigenvalue weighted by molar-refractivity contribution is 6.81. The number of allylic oxidation sites excluding steroid dienone is 2. The highest BCUT2D eigenvalue weighted by atomic mass is 28.3. The quantitative estimate of drug-likeness (QED) is 0.681. The van der Waals surface area contributed by atoms with Crippen molar-refractivity contribution in [1.82, 2.24) is 9.80 Å². The largest absolute Gasteiger partial charge is 0.377 e. The predicted octanol–water partition coefficient (Wildman–Crippen LogP) is 5.17. The van der Waals surface area contributed by atoms with E-state index < -0.39 is 8.07 Å². The molecule has 0 fully saturated rings. The van der Waals surface area contributed by atoms with Crippen molar-refractivity contribution >= 4 is 19.5 Å². The van der Waals surface area contributed by atoms with Gasteiger partial charge in [-0.3, -0.25) is 0 Å². The molecular weight excluding hydrogens is 344 g/mol. The topological polar surface area (TPSA) is 6.48 Å². The van der Waals surface area contributed by atoms with Crippen molar-refractivity contribution in [2.45, 2.75) is 24.2 Å². The van der Waals surface area contributed by atoms with Crippen LogP contribution in [0.3, 0.4) is 0 Å². The van der Waals surface area contributed by atoms with Crippen LogP contribution in [0, 0.1) is 0 Å². The SMILES string of the molecule is CN(C)C1=CC([Si](C)(C)C2C=C(N(C)C)c3ccccc32)c2ccccc21. The normalized spacial score (nSPS) is 20.7. The van der Waals surface area contributed by atoms with Crippen molar-refractivity contribution in [2.75, 3.05) is 28.2 Å². The molecule has 0 saturated carbocycles. The van der Waals surface area contributed by atoms with Crippen molar-refractivity contribution in [3.05, 3.63) is 82.9 Å². The first-order valence-corrected chi connectivity index (χ1v) is 12.9. The molecule has 0 aromatic heterocycles. The summed E-state index contributed by atoms with van der Waals surface area (Å²) in [6.07, 6.45) is 5.09. The van der Waals surface area contributed by atoms with Crippen LogP contribution in [0.15, 0.2) is 60.7 Å². The Kier molecular flexibility index (Phi) is 4.30. The third-order valence-electron chi connectivity index (χ3n) is 6.36. The van der Waals surface area contributed by atoms with E-state index in [0.29, 0.717) is 11.1 Å². The smallest absolute Gasteiger partial charge is 0.0717 e. The van der Waals surface area contributed by atoms with Crippen LogP contribution in [-0.2, 0) is 0 Å². The molecule has 0 saturated heterocycles. The Morgan fingerprint density at radius 3 is 1.37 bits per heavy atom. The van der Waals surface area contributed by atoms with Crippen molar-refractivity contribution < 1.29 is 0 Å². The zero-order valence-electron chi connectivity index (χ0n) is 17.3. The van der Waals surface area contributed by atoms with E-state index in [1.54, 1.807) is 0 Å². The number of nitrogens with zero attached hydrogens (tertiary/aromatic N) is 2. The summed E-state index contributed by atoms with van der Waals surface area (Å²) >= 11 is 0. The van der Waals surface area contributed by atoms with Crippen molar-refractivity contribution in [3.8, 4) is 0 Å². The fraction of sp³-hybridized carbons (Fsp3) is 0.333. The molecule has 3 heteroatoms. The van der Waals surface area contributed by atoms with Gasteiger partial charge >= 0.3 is 0 Å². The number of hydrogen-bond acceptors (Lipinski definition) is 2. The maximum absolute atomic E-state index is 2.57. The maximum atomic E-state index is 2.57. The van der Waals surface area contributed by atoms with Crippen LogP contribution in [0.1, 0.15) is 33.3 Å². The Morgan fingerprint density at radius 2 is 1.00 bits per heavy atom. The summed E-state index contributed by atoms with van der Waals surface area (Å²) in [4.78, 5) is 4.54. The van der Waals surface area contributed by atoms with Crippen LogP contribution in [-0.4, -0.2) is 46.1 Å². The minimum absolute atomic E-state index is 0.530. The number of hydrogen-bond donors (Lipinski definition) is 0. The van der Waals surface area contributed by atoms with E-state index in [1.165, 1.54) is 33.6 Å². The van der Waals surface area contributed by atoms with Gasteiger partial charge in [0.25, 0.3) is 0 Å². The van der Waals surface area contributed by atoms with Gasteiger partial charge in [0.2, 0.25) is 0 Å². The van der Waals surface area contributed by atoms with E-state index in [-0.39, 0.29) is 0 Å². The maximum Gasteiger partial charge on any atom is 0.0717 e. The second-order valence-corrected chi connectivity index (χ2v) is 13.7. The van der Waals surface area contributed by atoms with E-state index in [4.69, 9.17) is 0 Å². The molecule has 2 aliphatic carbocycles. The summed E-state index contributed by atoms with van der Waals surface area (Å²) in [7, 11) is 6.92. The molecule has 0 amide bonds. The average Bonchev–Trinajstić information content (AvgIpc) is 3.22. The van der Waals surface area contributed by atoms with Gasteiger partial charge in [0, 0.05) is 61.8 Å². The van der Waals surface area contributed by atoms with Gasteiger partial charge in [0.1, 0.15) is 0 Å². The number of rotatable bonds is 4. The lowest BCUT2D eigenvalue weighted by molar-refractivity contribution is 0.593. The van der Waals surface area contributed by atoms with Crippen molar-refractivity contribution in [3.63, 3.8) is 0 Å². The monoisotopic (exact) mass is 374 g/mol. The molecule has 0 radical (unpaired) electrons. The summed E-state index contributed by atoms with van der Waals surface area (Å²) < 4.78 is 0. The van der Waals surface area contributed by atoms with Crippen LogP contribution < -0.4 is 0 Å². The molecular formula is C24H30N2Si. The summed E-state index contributed by atoms with van der Waals surface area (Å²) in [6.45, 7) is 5.14. The average molecular weight is 375 g/mol.